The first-order valence-corrected chi connectivity index (χ1v) is 8.26. The van der Waals surface area contributed by atoms with E-state index in [1.807, 2.05) is 0 Å². The van der Waals surface area contributed by atoms with Crippen molar-refractivity contribution in [1.82, 2.24) is 9.97 Å². The highest BCUT2D eigenvalue weighted by Crippen LogP contribution is 2.29. The highest BCUT2D eigenvalue weighted by Gasteiger charge is 2.13. The number of anilines is 2. The van der Waals surface area contributed by atoms with Crippen LogP contribution >= 0.6 is 22.7 Å². The van der Waals surface area contributed by atoms with Gasteiger partial charge in [-0.1, -0.05) is 6.07 Å². The number of hydrogen-bond donors (Lipinski definition) is 1. The molecule has 0 saturated carbocycles. The summed E-state index contributed by atoms with van der Waals surface area (Å²) in [4.78, 5) is 13.7. The number of nitrogens with one attached hydrogen (secondary N) is 1. The Morgan fingerprint density at radius 1 is 1.20 bits per heavy atom. The summed E-state index contributed by atoms with van der Waals surface area (Å²) in [7, 11) is 2.08. The molecule has 3 aromatic rings. The fourth-order valence-corrected chi connectivity index (χ4v) is 3.59. The highest BCUT2D eigenvalue weighted by atomic mass is 32.1. The molecular weight excluding hydrogens is 288 g/mol. The largest absolute Gasteiger partial charge is 0.354 e. The van der Waals surface area contributed by atoms with Crippen LogP contribution < -0.4 is 10.2 Å². The van der Waals surface area contributed by atoms with Gasteiger partial charge in [-0.05, 0) is 29.8 Å². The summed E-state index contributed by atoms with van der Waals surface area (Å²) in [6.45, 7) is 3.74. The van der Waals surface area contributed by atoms with E-state index in [4.69, 9.17) is 0 Å². The van der Waals surface area contributed by atoms with Gasteiger partial charge in [-0.3, -0.25) is 0 Å². The van der Waals surface area contributed by atoms with Gasteiger partial charge in [0.1, 0.15) is 10.6 Å². The molecule has 0 aromatic carbocycles. The van der Waals surface area contributed by atoms with Crippen molar-refractivity contribution >= 4 is 44.7 Å². The predicted octanol–water partition coefficient (Wildman–Crippen LogP) is 3.82. The zero-order valence-electron chi connectivity index (χ0n) is 11.5. The molecule has 3 heterocycles. The third-order valence-corrected chi connectivity index (χ3v) is 4.64. The Balaban J connectivity index is 1.97. The molecular formula is C14H16N4S2. The van der Waals surface area contributed by atoms with Crippen molar-refractivity contribution in [2.24, 2.45) is 0 Å². The average molecular weight is 304 g/mol. The SMILES string of the molecule is CCNc1nc(N(C)Cc2cccs2)c2ccsc2n1. The Hall–Kier alpha value is -1.66. The quantitative estimate of drug-likeness (QED) is 0.778. The van der Waals surface area contributed by atoms with E-state index in [0.29, 0.717) is 5.95 Å². The number of aromatic nitrogens is 2. The van der Waals surface area contributed by atoms with Gasteiger partial charge in [0, 0.05) is 18.5 Å². The van der Waals surface area contributed by atoms with Crippen LogP contribution in [0.25, 0.3) is 10.2 Å². The van der Waals surface area contributed by atoms with Gasteiger partial charge in [-0.2, -0.15) is 4.98 Å². The molecule has 0 aliphatic carbocycles. The third-order valence-electron chi connectivity index (χ3n) is 2.97. The van der Waals surface area contributed by atoms with Gasteiger partial charge in [0.05, 0.1) is 11.9 Å². The second kappa shape index (κ2) is 5.76. The van der Waals surface area contributed by atoms with E-state index in [-0.39, 0.29) is 0 Å². The Labute approximate surface area is 126 Å². The van der Waals surface area contributed by atoms with Crippen molar-refractivity contribution < 1.29 is 0 Å². The van der Waals surface area contributed by atoms with Crippen LogP contribution in [0.15, 0.2) is 29.0 Å². The summed E-state index contributed by atoms with van der Waals surface area (Å²) in [6.07, 6.45) is 0. The zero-order chi connectivity index (χ0) is 13.9. The Bertz CT molecular complexity index is 690. The predicted molar refractivity (Wildman–Crippen MR) is 88.0 cm³/mol. The molecule has 0 amide bonds. The van der Waals surface area contributed by atoms with E-state index in [0.717, 1.165) is 29.1 Å². The third kappa shape index (κ3) is 2.62. The van der Waals surface area contributed by atoms with Crippen LogP contribution in [0.2, 0.25) is 0 Å². The molecule has 0 bridgehead atoms. The molecule has 3 aromatic heterocycles. The lowest BCUT2D eigenvalue weighted by Gasteiger charge is -2.19. The number of rotatable bonds is 5. The fourth-order valence-electron chi connectivity index (χ4n) is 2.08. The molecule has 0 aliphatic rings. The molecule has 0 aliphatic heterocycles. The van der Waals surface area contributed by atoms with Crippen molar-refractivity contribution in [3.8, 4) is 0 Å². The van der Waals surface area contributed by atoms with Gasteiger partial charge in [0.25, 0.3) is 0 Å². The van der Waals surface area contributed by atoms with Gasteiger partial charge in [-0.25, -0.2) is 4.98 Å². The molecule has 0 unspecified atom stereocenters. The minimum absolute atomic E-state index is 0.704. The Morgan fingerprint density at radius 3 is 2.85 bits per heavy atom. The molecule has 1 N–H and O–H groups in total. The van der Waals surface area contributed by atoms with Crippen molar-refractivity contribution in [2.75, 3.05) is 23.8 Å². The molecule has 20 heavy (non-hydrogen) atoms. The summed E-state index contributed by atoms with van der Waals surface area (Å²) >= 11 is 3.42. The second-order valence-corrected chi connectivity index (χ2v) is 6.40. The van der Waals surface area contributed by atoms with E-state index in [9.17, 15) is 0 Å². The summed E-state index contributed by atoms with van der Waals surface area (Å²) in [5.41, 5.74) is 0. The fraction of sp³-hybridized carbons (Fsp3) is 0.286. The van der Waals surface area contributed by atoms with E-state index < -0.39 is 0 Å². The number of nitrogens with zero attached hydrogens (tertiary/aromatic N) is 3. The Kier molecular flexibility index (Phi) is 3.84. The van der Waals surface area contributed by atoms with E-state index in [2.05, 4.69) is 63.1 Å². The minimum Gasteiger partial charge on any atom is -0.354 e. The number of hydrogen-bond acceptors (Lipinski definition) is 6. The molecule has 4 nitrogen and oxygen atoms in total. The van der Waals surface area contributed by atoms with Crippen LogP contribution in [0.3, 0.4) is 0 Å². The highest BCUT2D eigenvalue weighted by molar-refractivity contribution is 7.16. The van der Waals surface area contributed by atoms with Crippen molar-refractivity contribution in [1.29, 1.82) is 0 Å². The van der Waals surface area contributed by atoms with Crippen LogP contribution in [-0.2, 0) is 6.54 Å². The monoisotopic (exact) mass is 304 g/mol. The lowest BCUT2D eigenvalue weighted by molar-refractivity contribution is 0.914. The van der Waals surface area contributed by atoms with Gasteiger partial charge >= 0.3 is 0 Å². The normalized spacial score (nSPS) is 10.9. The van der Waals surface area contributed by atoms with E-state index in [1.165, 1.54) is 4.88 Å². The summed E-state index contributed by atoms with van der Waals surface area (Å²) < 4.78 is 0. The molecule has 3 rings (SSSR count). The first kappa shape index (κ1) is 13.3. The van der Waals surface area contributed by atoms with Crippen molar-refractivity contribution in [2.45, 2.75) is 13.5 Å². The molecule has 104 valence electrons. The molecule has 0 atom stereocenters. The standard InChI is InChI=1S/C14H16N4S2/c1-3-15-14-16-12(11-6-8-20-13(11)17-14)18(2)9-10-5-4-7-19-10/h4-8H,3,9H2,1-2H3,(H,15,16,17). The first-order chi connectivity index (χ1) is 9.78. The van der Waals surface area contributed by atoms with Crippen LogP contribution in [0.4, 0.5) is 11.8 Å². The molecule has 0 saturated heterocycles. The smallest absolute Gasteiger partial charge is 0.226 e. The van der Waals surface area contributed by atoms with E-state index in [1.54, 1.807) is 22.7 Å². The summed E-state index contributed by atoms with van der Waals surface area (Å²) in [6, 6.07) is 6.33. The second-order valence-electron chi connectivity index (χ2n) is 4.48. The maximum absolute atomic E-state index is 4.66. The summed E-state index contributed by atoms with van der Waals surface area (Å²) in [5, 5.41) is 8.50. The maximum Gasteiger partial charge on any atom is 0.226 e. The van der Waals surface area contributed by atoms with Crippen LogP contribution in [0.5, 0.6) is 0 Å². The van der Waals surface area contributed by atoms with Crippen LogP contribution in [0, 0.1) is 0 Å². The topological polar surface area (TPSA) is 41.1 Å². The number of fused-ring (bicyclic) bond motifs is 1. The lowest BCUT2D eigenvalue weighted by Crippen LogP contribution is -2.18. The molecule has 6 heteroatoms. The molecule has 0 spiro atoms. The van der Waals surface area contributed by atoms with Gasteiger partial charge in [0.15, 0.2) is 0 Å². The minimum atomic E-state index is 0.704. The van der Waals surface area contributed by atoms with Crippen molar-refractivity contribution in [3.63, 3.8) is 0 Å². The van der Waals surface area contributed by atoms with Gasteiger partial charge in [0.2, 0.25) is 5.95 Å². The Morgan fingerprint density at radius 2 is 2.10 bits per heavy atom. The average Bonchev–Trinajstić information content (AvgIpc) is 3.08. The van der Waals surface area contributed by atoms with Crippen molar-refractivity contribution in [3.05, 3.63) is 33.8 Å². The number of thiophene rings is 2. The van der Waals surface area contributed by atoms with Crippen LogP contribution in [-0.4, -0.2) is 23.6 Å². The van der Waals surface area contributed by atoms with Gasteiger partial charge in [-0.15, -0.1) is 22.7 Å². The maximum atomic E-state index is 4.66. The zero-order valence-corrected chi connectivity index (χ0v) is 13.1. The molecule has 0 radical (unpaired) electrons. The summed E-state index contributed by atoms with van der Waals surface area (Å²) in [5.74, 6) is 1.69. The first-order valence-electron chi connectivity index (χ1n) is 6.50. The molecule has 0 fully saturated rings. The lowest BCUT2D eigenvalue weighted by atomic mass is 10.3. The van der Waals surface area contributed by atoms with Gasteiger partial charge < -0.3 is 10.2 Å². The van der Waals surface area contributed by atoms with Crippen LogP contribution in [0.1, 0.15) is 11.8 Å². The van der Waals surface area contributed by atoms with E-state index >= 15 is 0 Å².